The number of halogens is 1. The Balaban J connectivity index is 2.16. The zero-order valence-electron chi connectivity index (χ0n) is 23.7. The van der Waals surface area contributed by atoms with Crippen LogP contribution in [-0.2, 0) is 20.6 Å². The molecule has 0 bridgehead atoms. The molecule has 3 aromatic rings. The molecular weight excluding hydrogens is 599 g/mol. The van der Waals surface area contributed by atoms with Crippen LogP contribution in [0.4, 0.5) is 0 Å². The molecule has 4 rings (SSSR count). The molecule has 1 aliphatic rings. The molecular formula is C30H36BrO8P. The summed E-state index contributed by atoms with van der Waals surface area (Å²) in [6, 6.07) is 11.4. The van der Waals surface area contributed by atoms with Crippen molar-refractivity contribution in [2.45, 2.75) is 25.6 Å². The average Bonchev–Trinajstić information content (AvgIpc) is 3.41. The minimum atomic E-state index is -0.719. The van der Waals surface area contributed by atoms with Crippen LogP contribution in [0.25, 0.3) is 22.3 Å². The van der Waals surface area contributed by atoms with Gasteiger partial charge in [0.1, 0.15) is 28.7 Å². The van der Waals surface area contributed by atoms with E-state index in [1.807, 2.05) is 43.3 Å². The summed E-state index contributed by atoms with van der Waals surface area (Å²) in [7, 11) is 11.0. The largest absolute Gasteiger partial charge is 0.496 e. The summed E-state index contributed by atoms with van der Waals surface area (Å²) in [5.74, 6) is 2.47. The Hall–Kier alpha value is -2.55. The van der Waals surface area contributed by atoms with Gasteiger partial charge in [0.05, 0.1) is 57.3 Å². The van der Waals surface area contributed by atoms with Gasteiger partial charge in [0, 0.05) is 30.0 Å². The van der Waals surface area contributed by atoms with Crippen molar-refractivity contribution >= 4 is 30.5 Å². The molecule has 0 radical (unpaired) electrons. The predicted molar refractivity (Wildman–Crippen MR) is 162 cm³/mol. The van der Waals surface area contributed by atoms with Crippen LogP contribution in [0.15, 0.2) is 40.9 Å². The highest BCUT2D eigenvalue weighted by molar-refractivity contribution is 9.10. The molecule has 1 saturated heterocycles. The van der Waals surface area contributed by atoms with Crippen molar-refractivity contribution in [2.24, 2.45) is 0 Å². The average molecular weight is 635 g/mol. The van der Waals surface area contributed by atoms with Crippen molar-refractivity contribution in [1.29, 1.82) is 0 Å². The summed E-state index contributed by atoms with van der Waals surface area (Å²) in [4.78, 5) is 0. The Morgan fingerprint density at radius 1 is 0.775 bits per heavy atom. The zero-order valence-corrected chi connectivity index (χ0v) is 26.5. The van der Waals surface area contributed by atoms with E-state index in [-0.39, 0.29) is 6.79 Å². The van der Waals surface area contributed by atoms with Crippen LogP contribution >= 0.6 is 25.2 Å². The fourth-order valence-corrected chi connectivity index (χ4v) is 6.59. The molecule has 8 nitrogen and oxygen atoms in total. The Labute approximate surface area is 246 Å². The summed E-state index contributed by atoms with van der Waals surface area (Å²) >= 11 is 3.89. The molecule has 216 valence electrons. The van der Waals surface area contributed by atoms with E-state index in [2.05, 4.69) is 25.2 Å². The number of ether oxygens (including phenoxy) is 8. The Bertz CT molecular complexity index is 1210. The van der Waals surface area contributed by atoms with Gasteiger partial charge < -0.3 is 37.9 Å². The number of hydrogen-bond donors (Lipinski definition) is 0. The van der Waals surface area contributed by atoms with Crippen LogP contribution in [-0.4, -0.2) is 61.3 Å². The first kappa shape index (κ1) is 30.4. The molecule has 0 saturated carbocycles. The molecule has 1 aliphatic heterocycles. The highest BCUT2D eigenvalue weighted by atomic mass is 79.9. The SMILES string of the molecule is COCOc1c(P)c(-c2c(OC)cccc2OC)c(CCC2(C)OCCO2)c(-c2c(OC)cccc2OC)c1Br. The van der Waals surface area contributed by atoms with Crippen LogP contribution < -0.4 is 29.0 Å². The van der Waals surface area contributed by atoms with Crippen molar-refractivity contribution in [3.63, 3.8) is 0 Å². The van der Waals surface area contributed by atoms with E-state index in [9.17, 15) is 0 Å². The van der Waals surface area contributed by atoms with Crippen LogP contribution in [0, 0.1) is 0 Å². The lowest BCUT2D eigenvalue weighted by atomic mass is 9.86. The smallest absolute Gasteiger partial charge is 0.188 e. The van der Waals surface area contributed by atoms with Crippen molar-refractivity contribution < 1.29 is 37.9 Å². The topological polar surface area (TPSA) is 73.8 Å². The molecule has 40 heavy (non-hydrogen) atoms. The lowest BCUT2D eigenvalue weighted by Gasteiger charge is -2.28. The van der Waals surface area contributed by atoms with Crippen LogP contribution in [0.3, 0.4) is 0 Å². The summed E-state index contributed by atoms with van der Waals surface area (Å²) in [5.41, 5.74) is 4.26. The molecule has 0 aromatic heterocycles. The number of methoxy groups -OCH3 is 5. The van der Waals surface area contributed by atoms with E-state index in [1.54, 1.807) is 35.5 Å². The molecule has 3 aromatic carbocycles. The Morgan fingerprint density at radius 3 is 1.70 bits per heavy atom. The molecule has 0 spiro atoms. The van der Waals surface area contributed by atoms with Crippen molar-refractivity contribution in [1.82, 2.24) is 0 Å². The Kier molecular flexibility index (Phi) is 10.2. The van der Waals surface area contributed by atoms with E-state index in [0.29, 0.717) is 54.8 Å². The van der Waals surface area contributed by atoms with Crippen molar-refractivity contribution in [3.05, 3.63) is 46.4 Å². The maximum Gasteiger partial charge on any atom is 0.188 e. The van der Waals surface area contributed by atoms with Crippen LogP contribution in [0.1, 0.15) is 18.9 Å². The zero-order chi connectivity index (χ0) is 28.9. The predicted octanol–water partition coefficient (Wildman–Crippen LogP) is 6.00. The summed E-state index contributed by atoms with van der Waals surface area (Å²) < 4.78 is 47.7. The van der Waals surface area contributed by atoms with Gasteiger partial charge in [-0.25, -0.2) is 0 Å². The standard InChI is InChI=1S/C30H36BrO8P/c1-30(38-15-16-39-30)14-13-18-23(25-19(33-3)9-7-10-20(25)34-4)27(31)28(37-17-32-2)29(40)24(18)26-21(35-5)11-8-12-22(26)36-6/h7-12H,13-17,40H2,1-6H3. The fraction of sp³-hybridized carbons (Fsp3) is 0.400. The van der Waals surface area contributed by atoms with Crippen LogP contribution in [0.5, 0.6) is 28.7 Å². The molecule has 1 fully saturated rings. The highest BCUT2D eigenvalue weighted by Gasteiger charge is 2.34. The van der Waals surface area contributed by atoms with E-state index < -0.39 is 5.79 Å². The third-order valence-electron chi connectivity index (χ3n) is 6.94. The highest BCUT2D eigenvalue weighted by Crippen LogP contribution is 2.52. The monoisotopic (exact) mass is 634 g/mol. The molecule has 0 amide bonds. The molecule has 0 aliphatic carbocycles. The second-order valence-corrected chi connectivity index (χ2v) is 10.6. The van der Waals surface area contributed by atoms with Crippen molar-refractivity contribution in [2.75, 3.05) is 55.6 Å². The maximum atomic E-state index is 6.19. The first-order valence-corrected chi connectivity index (χ1v) is 14.2. The molecule has 1 heterocycles. The molecule has 1 atom stereocenters. The minimum Gasteiger partial charge on any atom is -0.496 e. The third-order valence-corrected chi connectivity index (χ3v) is 8.25. The van der Waals surface area contributed by atoms with E-state index >= 15 is 0 Å². The van der Waals surface area contributed by atoms with E-state index in [1.165, 1.54) is 0 Å². The second kappa shape index (κ2) is 13.4. The quantitative estimate of drug-likeness (QED) is 0.178. The maximum absolute atomic E-state index is 6.19. The van der Waals surface area contributed by atoms with Gasteiger partial charge in [0.2, 0.25) is 0 Å². The van der Waals surface area contributed by atoms with Crippen LogP contribution in [0.2, 0.25) is 0 Å². The van der Waals surface area contributed by atoms with Gasteiger partial charge in [-0.3, -0.25) is 0 Å². The summed E-state index contributed by atoms with van der Waals surface area (Å²) in [6.07, 6.45) is 1.17. The van der Waals surface area contributed by atoms with Gasteiger partial charge in [0.25, 0.3) is 0 Å². The lowest BCUT2D eigenvalue weighted by molar-refractivity contribution is -0.146. The molecule has 0 N–H and O–H groups in total. The Morgan fingerprint density at radius 2 is 1.25 bits per heavy atom. The van der Waals surface area contributed by atoms with Crippen molar-refractivity contribution in [3.8, 4) is 51.0 Å². The fourth-order valence-electron chi connectivity index (χ4n) is 5.07. The van der Waals surface area contributed by atoms with E-state index in [0.717, 1.165) is 37.6 Å². The number of rotatable bonds is 12. The van der Waals surface area contributed by atoms with Gasteiger partial charge >= 0.3 is 0 Å². The number of benzene rings is 3. The van der Waals surface area contributed by atoms with Gasteiger partial charge in [-0.15, -0.1) is 9.24 Å². The van der Waals surface area contributed by atoms with E-state index in [4.69, 9.17) is 37.9 Å². The molecule has 10 heteroatoms. The van der Waals surface area contributed by atoms with Gasteiger partial charge in [-0.05, 0) is 59.1 Å². The summed E-state index contributed by atoms with van der Waals surface area (Å²) in [6.45, 7) is 3.13. The molecule has 1 unspecified atom stereocenters. The first-order chi connectivity index (χ1) is 19.3. The van der Waals surface area contributed by atoms with Gasteiger partial charge in [0.15, 0.2) is 12.6 Å². The lowest BCUT2D eigenvalue weighted by Crippen LogP contribution is -2.26. The summed E-state index contributed by atoms with van der Waals surface area (Å²) in [5, 5.41) is 0.803. The minimum absolute atomic E-state index is 0.0457. The first-order valence-electron chi connectivity index (χ1n) is 12.8. The second-order valence-electron chi connectivity index (χ2n) is 9.24. The normalized spacial score (nSPS) is 14.2. The van der Waals surface area contributed by atoms with Gasteiger partial charge in [-0.1, -0.05) is 12.1 Å². The third kappa shape index (κ3) is 5.90. The number of hydrogen-bond acceptors (Lipinski definition) is 8. The van der Waals surface area contributed by atoms with Gasteiger partial charge in [-0.2, -0.15) is 0 Å².